The second-order valence-electron chi connectivity index (χ2n) is 13.4. The van der Waals surface area contributed by atoms with Gasteiger partial charge in [0.1, 0.15) is 19.8 Å². The Hall–Kier alpha value is -4.89. The molecule has 0 heterocycles. The minimum Gasteiger partial charge on any atom is -0.480 e. The van der Waals surface area contributed by atoms with Crippen molar-refractivity contribution >= 4 is 53.7 Å². The Labute approximate surface area is 331 Å². The van der Waals surface area contributed by atoms with Gasteiger partial charge < -0.3 is 44.1 Å². The zero-order valence-corrected chi connectivity index (χ0v) is 33.1. The Balaban J connectivity index is 4.53. The Morgan fingerprint density at radius 2 is 0.702 bits per heavy atom. The molecule has 326 valence electrons. The van der Waals surface area contributed by atoms with Crippen molar-refractivity contribution in [2.24, 2.45) is 5.41 Å². The van der Waals surface area contributed by atoms with E-state index in [1.54, 1.807) is 0 Å². The molecule has 4 N–H and O–H groups in total. The summed E-state index contributed by atoms with van der Waals surface area (Å²) in [5, 5.41) is 36.6. The minimum absolute atomic E-state index is 0.00593. The van der Waals surface area contributed by atoms with Gasteiger partial charge >= 0.3 is 53.7 Å². The molecule has 57 heavy (non-hydrogen) atoms. The number of hydrogen-bond donors (Lipinski definition) is 4. The fraction of sp³-hybridized carbons (Fsp3) is 0.750. The van der Waals surface area contributed by atoms with E-state index in [2.05, 4.69) is 0 Å². The first-order chi connectivity index (χ1) is 26.8. The van der Waals surface area contributed by atoms with Gasteiger partial charge in [-0.2, -0.15) is 0 Å². The summed E-state index contributed by atoms with van der Waals surface area (Å²) in [6.45, 7) is -0.476. The molecule has 0 rings (SSSR count). The van der Waals surface area contributed by atoms with Gasteiger partial charge in [0, 0.05) is 47.0 Å². The zero-order valence-electron chi connectivity index (χ0n) is 33.1. The summed E-state index contributed by atoms with van der Waals surface area (Å²) in [4.78, 5) is 108. The van der Waals surface area contributed by atoms with Crippen molar-refractivity contribution in [3.8, 4) is 0 Å². The predicted molar refractivity (Wildman–Crippen MR) is 196 cm³/mol. The maximum absolute atomic E-state index is 13.0. The van der Waals surface area contributed by atoms with Gasteiger partial charge in [-0.3, -0.25) is 57.9 Å². The van der Waals surface area contributed by atoms with Crippen LogP contribution in [-0.4, -0.2) is 181 Å². The van der Waals surface area contributed by atoms with Gasteiger partial charge in [-0.25, -0.2) is 0 Å². The highest BCUT2D eigenvalue weighted by Crippen LogP contribution is 2.23. The van der Waals surface area contributed by atoms with Gasteiger partial charge in [-0.1, -0.05) is 44.9 Å². The lowest BCUT2D eigenvalue weighted by atomic mass is 9.91. The fourth-order valence-corrected chi connectivity index (χ4v) is 5.22. The highest BCUT2D eigenvalue weighted by Gasteiger charge is 2.44. The van der Waals surface area contributed by atoms with Gasteiger partial charge in [0.15, 0.2) is 5.41 Å². The Morgan fingerprint density at radius 1 is 0.404 bits per heavy atom. The third kappa shape index (κ3) is 29.1. The Morgan fingerprint density at radius 3 is 1.05 bits per heavy atom. The van der Waals surface area contributed by atoms with Gasteiger partial charge in [-0.05, 0) is 12.8 Å². The molecule has 0 aliphatic rings. The van der Waals surface area contributed by atoms with Crippen molar-refractivity contribution in [1.29, 1.82) is 0 Å². The molecule has 0 fully saturated rings. The quantitative estimate of drug-likeness (QED) is 0.0385. The number of unbranched alkanes of at least 4 members (excludes halogenated alkanes) is 8. The normalized spacial score (nSPS) is 11.3. The second-order valence-corrected chi connectivity index (χ2v) is 13.4. The molecule has 0 saturated carbocycles. The molecule has 0 aromatic rings. The summed E-state index contributed by atoms with van der Waals surface area (Å²) in [5.74, 6) is -8.44. The van der Waals surface area contributed by atoms with Crippen LogP contribution in [0.4, 0.5) is 0 Å². The van der Waals surface area contributed by atoms with Crippen molar-refractivity contribution in [3.05, 3.63) is 0 Å². The lowest BCUT2D eigenvalue weighted by Gasteiger charge is -2.29. The molecule has 0 bridgehead atoms. The number of carbonyl (C=O) groups is 9. The molecule has 0 atom stereocenters. The van der Waals surface area contributed by atoms with Crippen LogP contribution in [0.5, 0.6) is 0 Å². The molecule has 0 aromatic heterocycles. The van der Waals surface area contributed by atoms with Gasteiger partial charge in [0.05, 0.1) is 45.9 Å². The number of hydrogen-bond acceptors (Lipinski definition) is 17. The fourth-order valence-electron chi connectivity index (χ4n) is 5.22. The van der Waals surface area contributed by atoms with Gasteiger partial charge in [0.25, 0.3) is 0 Å². The SMILES string of the molecule is CC(=O)OCC(COC(C)=O)(COC(C)=O)C(=O)OCCCCCCCCCCCOC(=O)CN(CCN(CCN(CC(=O)O)CC(=O)O)CC(=O)O)CC(=O)O. The van der Waals surface area contributed by atoms with Crippen LogP contribution in [-0.2, 0) is 66.8 Å². The van der Waals surface area contributed by atoms with E-state index >= 15 is 0 Å². The number of esters is 5. The van der Waals surface area contributed by atoms with Crippen molar-refractivity contribution in [3.63, 3.8) is 0 Å². The molecule has 21 heteroatoms. The monoisotopic (exact) mass is 821 g/mol. The molecular formula is C36H59N3O18. The van der Waals surface area contributed by atoms with Crippen LogP contribution >= 0.6 is 0 Å². The first-order valence-electron chi connectivity index (χ1n) is 18.6. The summed E-state index contributed by atoms with van der Waals surface area (Å²) < 4.78 is 25.6. The molecule has 0 saturated heterocycles. The van der Waals surface area contributed by atoms with Crippen LogP contribution in [0, 0.1) is 5.41 Å². The summed E-state index contributed by atoms with van der Waals surface area (Å²) in [5.41, 5.74) is -1.71. The second kappa shape index (κ2) is 30.3. The van der Waals surface area contributed by atoms with E-state index in [0.717, 1.165) is 70.6 Å². The molecule has 21 nitrogen and oxygen atoms in total. The minimum atomic E-state index is -1.71. The summed E-state index contributed by atoms with van der Waals surface area (Å²) >= 11 is 0. The first-order valence-corrected chi connectivity index (χ1v) is 18.6. The lowest BCUT2D eigenvalue weighted by Crippen LogP contribution is -2.47. The maximum atomic E-state index is 13.0. The van der Waals surface area contributed by atoms with E-state index in [0.29, 0.717) is 12.8 Å². The van der Waals surface area contributed by atoms with Crippen LogP contribution in [0.2, 0.25) is 0 Å². The van der Waals surface area contributed by atoms with E-state index in [9.17, 15) is 53.4 Å². The first kappa shape index (κ1) is 52.1. The van der Waals surface area contributed by atoms with Crippen LogP contribution in [0.1, 0.15) is 78.6 Å². The van der Waals surface area contributed by atoms with E-state index in [-0.39, 0.29) is 45.9 Å². The van der Waals surface area contributed by atoms with E-state index < -0.39 is 105 Å². The van der Waals surface area contributed by atoms with Gasteiger partial charge in [0.2, 0.25) is 0 Å². The molecule has 0 aromatic carbocycles. The number of carboxylic acids is 4. The van der Waals surface area contributed by atoms with E-state index in [1.807, 2.05) is 0 Å². The number of ether oxygens (including phenoxy) is 5. The number of carboxylic acid groups (broad SMARTS) is 4. The van der Waals surface area contributed by atoms with Crippen molar-refractivity contribution in [1.82, 2.24) is 14.7 Å². The van der Waals surface area contributed by atoms with Crippen molar-refractivity contribution < 1.29 is 87.3 Å². The summed E-state index contributed by atoms with van der Waals surface area (Å²) in [6, 6.07) is 0. The number of carbonyl (C=O) groups excluding carboxylic acids is 5. The molecule has 0 aliphatic heterocycles. The average molecular weight is 822 g/mol. The zero-order chi connectivity index (χ0) is 43.2. The van der Waals surface area contributed by atoms with E-state index in [4.69, 9.17) is 33.9 Å². The molecular weight excluding hydrogens is 762 g/mol. The standard InChI is InChI=1S/C36H59N3O18/c1-27(40)55-24-36(25-56-28(2)41,26-57-29(3)42)35(52)54-18-12-10-8-6-4-5-7-9-11-17-53-34(51)23-39(22-33(49)50)16-14-37(19-30(43)44)13-15-38(20-31(45)46)21-32(47)48/h4-26H2,1-3H3,(H,43,44)(H,45,46)(H,47,48)(H,49,50). The maximum Gasteiger partial charge on any atom is 0.322 e. The molecule has 0 unspecified atom stereocenters. The topological polar surface area (TPSA) is 290 Å². The lowest BCUT2D eigenvalue weighted by molar-refractivity contribution is -0.178. The molecule has 0 aliphatic carbocycles. The van der Waals surface area contributed by atoms with Crippen LogP contribution in [0.3, 0.4) is 0 Å². The highest BCUT2D eigenvalue weighted by atomic mass is 16.6. The largest absolute Gasteiger partial charge is 0.480 e. The van der Waals surface area contributed by atoms with Crippen LogP contribution in [0.15, 0.2) is 0 Å². The van der Waals surface area contributed by atoms with Crippen molar-refractivity contribution in [2.45, 2.75) is 78.6 Å². The number of rotatable bonds is 35. The summed E-state index contributed by atoms with van der Waals surface area (Å²) in [7, 11) is 0. The predicted octanol–water partition coefficient (Wildman–Crippen LogP) is 0.504. The Kier molecular flexibility index (Phi) is 27.7. The smallest absolute Gasteiger partial charge is 0.322 e. The number of aliphatic carboxylic acids is 4. The third-order valence-corrected chi connectivity index (χ3v) is 8.13. The van der Waals surface area contributed by atoms with Crippen molar-refractivity contribution in [2.75, 3.05) is 91.9 Å². The third-order valence-electron chi connectivity index (χ3n) is 8.13. The van der Waals surface area contributed by atoms with Crippen LogP contribution in [0.25, 0.3) is 0 Å². The van der Waals surface area contributed by atoms with Crippen LogP contribution < -0.4 is 0 Å². The Bertz CT molecular complexity index is 1250. The van der Waals surface area contributed by atoms with E-state index in [1.165, 1.54) is 9.80 Å². The molecule has 0 amide bonds. The molecule has 0 spiro atoms. The highest BCUT2D eigenvalue weighted by molar-refractivity contribution is 5.79. The average Bonchev–Trinajstić information content (AvgIpc) is 3.09. The molecule has 0 radical (unpaired) electrons. The van der Waals surface area contributed by atoms with Gasteiger partial charge in [-0.15, -0.1) is 0 Å². The summed E-state index contributed by atoms with van der Waals surface area (Å²) in [6.07, 6.45) is 7.31. The number of nitrogens with zero attached hydrogens (tertiary/aromatic N) is 3.